The highest BCUT2D eigenvalue weighted by atomic mass is 16.2. The molecule has 166 valence electrons. The number of nitrogens with one attached hydrogen (secondary N) is 2. The second-order valence-electron chi connectivity index (χ2n) is 8.05. The van der Waals surface area contributed by atoms with Gasteiger partial charge in [-0.1, -0.05) is 45.0 Å². The molecule has 0 aliphatic rings. The Hall–Kier alpha value is -3.45. The van der Waals surface area contributed by atoms with Gasteiger partial charge in [-0.3, -0.25) is 14.6 Å². The van der Waals surface area contributed by atoms with Crippen LogP contribution in [0.5, 0.6) is 0 Å². The van der Waals surface area contributed by atoms with Gasteiger partial charge >= 0.3 is 0 Å². The van der Waals surface area contributed by atoms with E-state index in [9.17, 15) is 9.59 Å². The van der Waals surface area contributed by atoms with Gasteiger partial charge in [-0.15, -0.1) is 0 Å². The predicted molar refractivity (Wildman–Crippen MR) is 125 cm³/mol. The van der Waals surface area contributed by atoms with Crippen molar-refractivity contribution in [3.63, 3.8) is 0 Å². The Balaban J connectivity index is 1.78. The van der Waals surface area contributed by atoms with Crippen LogP contribution in [0.4, 0.5) is 5.69 Å². The minimum atomic E-state index is -0.247. The number of Topliss-reactive ketones (excluding diaryl/α,β-unsaturated/α-hetero) is 1. The average Bonchev–Trinajstić information content (AvgIpc) is 2.78. The summed E-state index contributed by atoms with van der Waals surface area (Å²) in [6, 6.07) is 11.9. The molecule has 3 rings (SSSR count). The zero-order valence-corrected chi connectivity index (χ0v) is 19.0. The van der Waals surface area contributed by atoms with Crippen LogP contribution in [0, 0.1) is 12.8 Å². The van der Waals surface area contributed by atoms with Gasteiger partial charge in [0.05, 0.1) is 24.1 Å². The number of rotatable bonds is 9. The maximum absolute atomic E-state index is 12.7. The molecule has 32 heavy (non-hydrogen) atoms. The number of carbonyl (C=O) groups excluding carboxylic acids is 2. The van der Waals surface area contributed by atoms with Gasteiger partial charge in [-0.25, -0.2) is 0 Å². The molecule has 1 aromatic carbocycles. The molecule has 0 saturated carbocycles. The molecular weight excluding hydrogens is 402 g/mol. The standard InChI is InChI=1S/C25H29N5O2/c1-5-18-7-6-8-20(10-18)21-11-22(24(27-14-21)25(32)16(2)3)29-23(31)15-26-12-19-9-17(4)30-28-13-19/h6-11,13-14,16,26H,5,12,15H2,1-4H3,(H,29,31). The van der Waals surface area contributed by atoms with E-state index in [2.05, 4.69) is 44.9 Å². The third-order valence-electron chi connectivity index (χ3n) is 5.04. The second kappa shape index (κ2) is 10.7. The number of amides is 1. The Morgan fingerprint density at radius 1 is 1.03 bits per heavy atom. The summed E-state index contributed by atoms with van der Waals surface area (Å²) < 4.78 is 0. The Kier molecular flexibility index (Phi) is 7.78. The maximum atomic E-state index is 12.7. The topological polar surface area (TPSA) is 96.9 Å². The first-order valence-corrected chi connectivity index (χ1v) is 10.8. The van der Waals surface area contributed by atoms with Gasteiger partial charge in [-0.2, -0.15) is 10.2 Å². The molecule has 0 radical (unpaired) electrons. The fourth-order valence-electron chi connectivity index (χ4n) is 3.30. The van der Waals surface area contributed by atoms with Crippen molar-refractivity contribution in [3.05, 3.63) is 71.3 Å². The molecule has 2 N–H and O–H groups in total. The summed E-state index contributed by atoms with van der Waals surface area (Å²) in [4.78, 5) is 29.7. The quantitative estimate of drug-likeness (QED) is 0.498. The highest BCUT2D eigenvalue weighted by molar-refractivity contribution is 6.05. The van der Waals surface area contributed by atoms with Crippen molar-refractivity contribution in [1.29, 1.82) is 0 Å². The van der Waals surface area contributed by atoms with E-state index in [0.29, 0.717) is 12.2 Å². The SMILES string of the molecule is CCc1cccc(-c2cnc(C(=O)C(C)C)c(NC(=O)CNCc3cnnc(C)c3)c2)c1. The zero-order chi connectivity index (χ0) is 23.1. The first-order valence-electron chi connectivity index (χ1n) is 10.8. The average molecular weight is 432 g/mol. The molecule has 2 heterocycles. The number of hydrogen-bond acceptors (Lipinski definition) is 6. The molecule has 0 fully saturated rings. The van der Waals surface area contributed by atoms with Gasteiger partial charge in [-0.05, 0) is 42.2 Å². The minimum Gasteiger partial charge on any atom is -0.323 e. The molecule has 2 aromatic heterocycles. The molecule has 0 unspecified atom stereocenters. The molecule has 0 aliphatic heterocycles. The molecule has 1 amide bonds. The van der Waals surface area contributed by atoms with Crippen molar-refractivity contribution >= 4 is 17.4 Å². The number of carbonyl (C=O) groups is 2. The molecule has 3 aromatic rings. The molecular formula is C25H29N5O2. The number of nitrogens with zero attached hydrogens (tertiary/aromatic N) is 3. The first-order chi connectivity index (χ1) is 15.4. The minimum absolute atomic E-state index is 0.0895. The van der Waals surface area contributed by atoms with Crippen molar-refractivity contribution in [1.82, 2.24) is 20.5 Å². The number of hydrogen-bond donors (Lipinski definition) is 2. The summed E-state index contributed by atoms with van der Waals surface area (Å²) >= 11 is 0. The molecule has 0 atom stereocenters. The lowest BCUT2D eigenvalue weighted by Gasteiger charge is -2.14. The number of aryl methyl sites for hydroxylation is 2. The summed E-state index contributed by atoms with van der Waals surface area (Å²) in [5.41, 5.74) is 5.52. The number of benzene rings is 1. The van der Waals surface area contributed by atoms with E-state index in [0.717, 1.165) is 28.8 Å². The van der Waals surface area contributed by atoms with Crippen LogP contribution in [0.2, 0.25) is 0 Å². The zero-order valence-electron chi connectivity index (χ0n) is 19.0. The van der Waals surface area contributed by atoms with Gasteiger partial charge < -0.3 is 10.6 Å². The monoisotopic (exact) mass is 431 g/mol. The van der Waals surface area contributed by atoms with Crippen LogP contribution in [0.3, 0.4) is 0 Å². The Morgan fingerprint density at radius 3 is 2.56 bits per heavy atom. The largest absolute Gasteiger partial charge is 0.323 e. The van der Waals surface area contributed by atoms with E-state index in [1.165, 1.54) is 5.56 Å². The molecule has 0 saturated heterocycles. The number of anilines is 1. The van der Waals surface area contributed by atoms with Crippen molar-refractivity contribution in [2.75, 3.05) is 11.9 Å². The molecule has 7 heteroatoms. The van der Waals surface area contributed by atoms with E-state index in [1.54, 1.807) is 12.4 Å². The van der Waals surface area contributed by atoms with E-state index in [-0.39, 0.29) is 29.8 Å². The van der Waals surface area contributed by atoms with E-state index in [1.807, 2.05) is 45.0 Å². The Labute approximate surface area is 188 Å². The first kappa shape index (κ1) is 23.2. The van der Waals surface area contributed by atoms with Crippen LogP contribution in [0.15, 0.2) is 48.8 Å². The Bertz CT molecular complexity index is 1110. The maximum Gasteiger partial charge on any atom is 0.238 e. The summed E-state index contributed by atoms with van der Waals surface area (Å²) in [7, 11) is 0. The molecule has 0 aliphatic carbocycles. The van der Waals surface area contributed by atoms with Crippen LogP contribution < -0.4 is 10.6 Å². The lowest BCUT2D eigenvalue weighted by molar-refractivity contribution is -0.115. The van der Waals surface area contributed by atoms with Gasteiger partial charge in [0, 0.05) is 24.2 Å². The Morgan fingerprint density at radius 2 is 1.84 bits per heavy atom. The third-order valence-corrected chi connectivity index (χ3v) is 5.04. The fraction of sp³-hybridized carbons (Fsp3) is 0.320. The molecule has 7 nitrogen and oxygen atoms in total. The number of aromatic nitrogens is 3. The van der Waals surface area contributed by atoms with Crippen LogP contribution in [0.1, 0.15) is 48.1 Å². The van der Waals surface area contributed by atoms with E-state index in [4.69, 9.17) is 0 Å². The van der Waals surface area contributed by atoms with Gasteiger partial charge in [0.2, 0.25) is 5.91 Å². The van der Waals surface area contributed by atoms with E-state index >= 15 is 0 Å². The molecule has 0 bridgehead atoms. The van der Waals surface area contributed by atoms with Crippen LogP contribution in [0.25, 0.3) is 11.1 Å². The van der Waals surface area contributed by atoms with Crippen LogP contribution in [-0.4, -0.2) is 33.4 Å². The normalized spacial score (nSPS) is 10.9. The number of pyridine rings is 1. The summed E-state index contributed by atoms with van der Waals surface area (Å²) in [5, 5.41) is 13.8. The van der Waals surface area contributed by atoms with Crippen molar-refractivity contribution < 1.29 is 9.59 Å². The van der Waals surface area contributed by atoms with Gasteiger partial charge in [0.1, 0.15) is 5.69 Å². The lowest BCUT2D eigenvalue weighted by Crippen LogP contribution is -2.29. The van der Waals surface area contributed by atoms with Crippen LogP contribution >= 0.6 is 0 Å². The summed E-state index contributed by atoms with van der Waals surface area (Å²) in [6.07, 6.45) is 4.28. The fourth-order valence-corrected chi connectivity index (χ4v) is 3.30. The van der Waals surface area contributed by atoms with E-state index < -0.39 is 0 Å². The van der Waals surface area contributed by atoms with Crippen molar-refractivity contribution in [3.8, 4) is 11.1 Å². The summed E-state index contributed by atoms with van der Waals surface area (Å²) in [6.45, 7) is 8.19. The van der Waals surface area contributed by atoms with Gasteiger partial charge in [0.15, 0.2) is 5.78 Å². The lowest BCUT2D eigenvalue weighted by atomic mass is 10.00. The van der Waals surface area contributed by atoms with Gasteiger partial charge in [0.25, 0.3) is 0 Å². The van der Waals surface area contributed by atoms with Crippen molar-refractivity contribution in [2.24, 2.45) is 5.92 Å². The van der Waals surface area contributed by atoms with Crippen molar-refractivity contribution in [2.45, 2.75) is 40.7 Å². The van der Waals surface area contributed by atoms with Crippen LogP contribution in [-0.2, 0) is 17.8 Å². The highest BCUT2D eigenvalue weighted by Crippen LogP contribution is 2.26. The second-order valence-corrected chi connectivity index (χ2v) is 8.05. The number of ketones is 1. The highest BCUT2D eigenvalue weighted by Gasteiger charge is 2.19. The molecule has 0 spiro atoms. The predicted octanol–water partition coefficient (Wildman–Crippen LogP) is 3.98. The third kappa shape index (κ3) is 6.04. The summed E-state index contributed by atoms with van der Waals surface area (Å²) in [5.74, 6) is -0.587. The smallest absolute Gasteiger partial charge is 0.238 e.